The van der Waals surface area contributed by atoms with Crippen molar-refractivity contribution >= 4 is 23.9 Å². The lowest BCUT2D eigenvalue weighted by Crippen LogP contribution is -2.60. The summed E-state index contributed by atoms with van der Waals surface area (Å²) in [7, 11) is 3.23. The van der Waals surface area contributed by atoms with Crippen LogP contribution in [0, 0.1) is 17.8 Å². The molecular weight excluding hydrogens is 526 g/mol. The average molecular weight is 582 g/mol. The van der Waals surface area contributed by atoms with Crippen LogP contribution >= 0.6 is 0 Å². The maximum absolute atomic E-state index is 14.0. The first-order chi connectivity index (χ1) is 18.8. The highest BCUT2D eigenvalue weighted by Gasteiger charge is 2.53. The minimum atomic E-state index is -0.822. The Hall–Kier alpha value is -2.36. The van der Waals surface area contributed by atoms with Gasteiger partial charge in [0.1, 0.15) is 23.3 Å². The van der Waals surface area contributed by atoms with Crippen molar-refractivity contribution in [2.75, 3.05) is 14.2 Å². The van der Waals surface area contributed by atoms with Gasteiger partial charge >= 0.3 is 12.1 Å². The van der Waals surface area contributed by atoms with Crippen molar-refractivity contribution in [1.82, 2.24) is 15.1 Å². The van der Waals surface area contributed by atoms with E-state index in [1.54, 1.807) is 37.6 Å². The van der Waals surface area contributed by atoms with Gasteiger partial charge in [-0.05, 0) is 78.6 Å². The lowest BCUT2D eigenvalue weighted by molar-refractivity contribution is -0.161. The Bertz CT molecular complexity index is 939. The van der Waals surface area contributed by atoms with Crippen molar-refractivity contribution in [3.63, 3.8) is 0 Å². The largest absolute Gasteiger partial charge is 0.460 e. The average Bonchev–Trinajstić information content (AvgIpc) is 3.45. The molecule has 0 aromatic heterocycles. The molecule has 0 radical (unpaired) electrons. The lowest BCUT2D eigenvalue weighted by Gasteiger charge is -2.40. The molecule has 10 heteroatoms. The molecule has 1 unspecified atom stereocenters. The number of amides is 3. The third kappa shape index (κ3) is 9.06. The maximum atomic E-state index is 14.0. The normalized spacial score (nSPS) is 23.5. The van der Waals surface area contributed by atoms with Gasteiger partial charge < -0.3 is 24.4 Å². The summed E-state index contributed by atoms with van der Waals surface area (Å²) in [5.74, 6) is -1.17. The molecule has 1 saturated heterocycles. The van der Waals surface area contributed by atoms with Gasteiger partial charge in [-0.15, -0.1) is 0 Å². The zero-order chi connectivity index (χ0) is 31.4. The van der Waals surface area contributed by atoms with E-state index < -0.39 is 47.5 Å². The van der Waals surface area contributed by atoms with Gasteiger partial charge in [-0.25, -0.2) is 4.79 Å². The summed E-state index contributed by atoms with van der Waals surface area (Å²) in [6.45, 7) is 18.7. The number of likely N-dealkylation sites (tertiary alicyclic amines) is 1. The van der Waals surface area contributed by atoms with Crippen LogP contribution in [0.25, 0.3) is 0 Å². The van der Waals surface area contributed by atoms with Crippen molar-refractivity contribution in [2.45, 2.75) is 143 Å². The highest BCUT2D eigenvalue weighted by molar-refractivity contribution is 5.92. The van der Waals surface area contributed by atoms with Crippen LogP contribution in [0.1, 0.15) is 101 Å². The third-order valence-electron chi connectivity index (χ3n) is 8.18. The van der Waals surface area contributed by atoms with Gasteiger partial charge in [0, 0.05) is 20.2 Å². The molecule has 1 aliphatic heterocycles. The summed E-state index contributed by atoms with van der Waals surface area (Å²) in [6.07, 6.45) is 2.13. The summed E-state index contributed by atoms with van der Waals surface area (Å²) >= 11 is 0. The van der Waals surface area contributed by atoms with E-state index in [2.05, 4.69) is 5.32 Å². The molecule has 2 rings (SSSR count). The molecule has 3 amide bonds. The number of esters is 1. The van der Waals surface area contributed by atoms with Crippen molar-refractivity contribution in [1.29, 1.82) is 0 Å². The van der Waals surface area contributed by atoms with Crippen LogP contribution in [0.2, 0.25) is 0 Å². The van der Waals surface area contributed by atoms with E-state index in [4.69, 9.17) is 14.2 Å². The van der Waals surface area contributed by atoms with Crippen LogP contribution < -0.4 is 5.32 Å². The fourth-order valence-corrected chi connectivity index (χ4v) is 6.15. The van der Waals surface area contributed by atoms with E-state index in [-0.39, 0.29) is 42.0 Å². The van der Waals surface area contributed by atoms with E-state index in [9.17, 15) is 19.2 Å². The van der Waals surface area contributed by atoms with Crippen molar-refractivity contribution in [3.05, 3.63) is 0 Å². The molecule has 41 heavy (non-hydrogen) atoms. The number of carbonyl (C=O) groups excluding carboxylic acids is 4. The first kappa shape index (κ1) is 34.8. The van der Waals surface area contributed by atoms with Crippen molar-refractivity contribution < 1.29 is 33.4 Å². The van der Waals surface area contributed by atoms with Crippen LogP contribution in [-0.2, 0) is 28.6 Å². The molecule has 0 spiro atoms. The van der Waals surface area contributed by atoms with Crippen molar-refractivity contribution in [3.8, 4) is 0 Å². The third-order valence-corrected chi connectivity index (χ3v) is 8.18. The van der Waals surface area contributed by atoms with E-state index in [0.717, 1.165) is 25.7 Å². The number of likely N-dealkylation sites (N-methyl/N-ethyl adjacent to an activating group) is 1. The molecule has 236 valence electrons. The maximum Gasteiger partial charge on any atom is 0.411 e. The van der Waals surface area contributed by atoms with E-state index in [0.29, 0.717) is 0 Å². The number of piperidine rings is 1. The molecule has 0 aromatic rings. The number of carbonyl (C=O) groups is 4. The van der Waals surface area contributed by atoms with Gasteiger partial charge in [-0.2, -0.15) is 0 Å². The summed E-state index contributed by atoms with van der Waals surface area (Å²) in [5, 5.41) is 3.00. The van der Waals surface area contributed by atoms with Gasteiger partial charge in [0.05, 0.1) is 18.6 Å². The van der Waals surface area contributed by atoms with Crippen LogP contribution in [0.15, 0.2) is 0 Å². The molecule has 2 fully saturated rings. The molecule has 1 N–H and O–H groups in total. The zero-order valence-electron chi connectivity index (χ0n) is 27.4. The standard InChI is InChI=1S/C31H55N3O7/c1-13-19(4)25(22(39-12)17-23(35)40-30(5,6)7)33(11)28(37)24(18(2)3)32-27(36)26-20-14-15-21(16-20)34(26)29(38)41-31(8,9)10/h18-22,24-26H,13-17H2,1-12H3,(H,32,36)/t19-,20-,21+,22+,24?,25-,26-/m0/s1. The number of fused-ring (bicyclic) bond motifs is 2. The predicted molar refractivity (Wildman–Crippen MR) is 157 cm³/mol. The van der Waals surface area contributed by atoms with Crippen LogP contribution in [0.4, 0.5) is 4.79 Å². The fraction of sp³-hybridized carbons (Fsp3) is 0.871. The van der Waals surface area contributed by atoms with Crippen LogP contribution in [-0.4, -0.2) is 89.3 Å². The number of hydrogen-bond donors (Lipinski definition) is 1. The Kier molecular flexibility index (Phi) is 11.7. The second-order valence-electron chi connectivity index (χ2n) is 14.2. The minimum absolute atomic E-state index is 0.00487. The predicted octanol–water partition coefficient (Wildman–Crippen LogP) is 4.54. The summed E-state index contributed by atoms with van der Waals surface area (Å²) in [6, 6.07) is -1.96. The first-order valence-corrected chi connectivity index (χ1v) is 15.1. The summed E-state index contributed by atoms with van der Waals surface area (Å²) < 4.78 is 16.9. The van der Waals surface area contributed by atoms with Gasteiger partial charge in [0.2, 0.25) is 11.8 Å². The highest BCUT2D eigenvalue weighted by atomic mass is 16.6. The van der Waals surface area contributed by atoms with Gasteiger partial charge in [-0.1, -0.05) is 34.1 Å². The van der Waals surface area contributed by atoms with E-state index in [1.165, 1.54) is 7.11 Å². The number of methoxy groups -OCH3 is 1. The van der Waals surface area contributed by atoms with Gasteiger partial charge in [0.25, 0.3) is 0 Å². The Labute approximate surface area is 247 Å². The SMILES string of the molecule is CC[C@H](C)[C@@H]([C@@H](CC(=O)OC(C)(C)C)OC)N(C)C(=O)C(NC(=O)[C@@H]1[C@H]2CC[C@H](C2)N1C(=O)OC(C)(C)C)C(C)C. The molecule has 7 atom stereocenters. The second kappa shape index (κ2) is 13.7. The molecule has 1 aliphatic carbocycles. The zero-order valence-corrected chi connectivity index (χ0v) is 27.4. The topological polar surface area (TPSA) is 114 Å². The lowest BCUT2D eigenvalue weighted by atomic mass is 9.89. The van der Waals surface area contributed by atoms with Gasteiger partial charge in [-0.3, -0.25) is 19.3 Å². The Morgan fingerprint density at radius 2 is 1.56 bits per heavy atom. The second-order valence-corrected chi connectivity index (χ2v) is 14.2. The van der Waals surface area contributed by atoms with Crippen LogP contribution in [0.5, 0.6) is 0 Å². The number of nitrogens with zero attached hydrogens (tertiary/aromatic N) is 2. The monoisotopic (exact) mass is 581 g/mol. The number of rotatable bonds is 11. The molecule has 2 aliphatic rings. The fourth-order valence-electron chi connectivity index (χ4n) is 6.15. The molecular formula is C31H55N3O7. The van der Waals surface area contributed by atoms with Crippen molar-refractivity contribution in [2.24, 2.45) is 17.8 Å². The van der Waals surface area contributed by atoms with E-state index >= 15 is 0 Å². The number of hydrogen-bond acceptors (Lipinski definition) is 7. The Balaban J connectivity index is 2.27. The number of ether oxygens (including phenoxy) is 3. The smallest absolute Gasteiger partial charge is 0.411 e. The molecule has 10 nitrogen and oxygen atoms in total. The molecule has 1 heterocycles. The Morgan fingerprint density at radius 1 is 0.976 bits per heavy atom. The molecule has 1 saturated carbocycles. The molecule has 2 bridgehead atoms. The first-order valence-electron chi connectivity index (χ1n) is 15.1. The quantitative estimate of drug-likeness (QED) is 0.357. The summed E-state index contributed by atoms with van der Waals surface area (Å²) in [4.78, 5) is 56.8. The highest BCUT2D eigenvalue weighted by Crippen LogP contribution is 2.43. The number of nitrogens with one attached hydrogen (secondary N) is 1. The van der Waals surface area contributed by atoms with E-state index in [1.807, 2.05) is 48.5 Å². The van der Waals surface area contributed by atoms with Gasteiger partial charge in [0.15, 0.2) is 0 Å². The van der Waals surface area contributed by atoms with Crippen LogP contribution in [0.3, 0.4) is 0 Å². The minimum Gasteiger partial charge on any atom is -0.460 e. The Morgan fingerprint density at radius 3 is 2.05 bits per heavy atom. The molecule has 0 aromatic carbocycles. The summed E-state index contributed by atoms with van der Waals surface area (Å²) in [5.41, 5.74) is -1.32.